The first kappa shape index (κ1) is 21.3. The van der Waals surface area contributed by atoms with Gasteiger partial charge in [-0.05, 0) is 47.6 Å². The predicted octanol–water partition coefficient (Wildman–Crippen LogP) is 2.15. The van der Waals surface area contributed by atoms with E-state index in [4.69, 9.17) is 9.84 Å². The molecule has 0 saturated carbocycles. The van der Waals surface area contributed by atoms with Gasteiger partial charge in [0.1, 0.15) is 6.61 Å². The minimum absolute atomic E-state index is 0.125. The van der Waals surface area contributed by atoms with E-state index in [0.29, 0.717) is 0 Å². The molecule has 0 aliphatic rings. The lowest BCUT2D eigenvalue weighted by molar-refractivity contribution is -0.119. The van der Waals surface area contributed by atoms with Crippen LogP contribution in [0.1, 0.15) is 41.5 Å². The van der Waals surface area contributed by atoms with E-state index in [0.717, 1.165) is 18.8 Å². The molecule has 0 radical (unpaired) electrons. The summed E-state index contributed by atoms with van der Waals surface area (Å²) in [5.74, 6) is -0.0648. The predicted molar refractivity (Wildman–Crippen MR) is 70.0 cm³/mol. The summed E-state index contributed by atoms with van der Waals surface area (Å²) in [6, 6.07) is 0. The summed E-state index contributed by atoms with van der Waals surface area (Å²) in [6.07, 6.45) is 1.61. The molecule has 0 fully saturated rings. The highest BCUT2D eigenvalue weighted by Gasteiger charge is 1.80. The maximum atomic E-state index is 10.2. The van der Waals surface area contributed by atoms with E-state index in [9.17, 15) is 9.59 Å². The molecule has 102 valence electrons. The van der Waals surface area contributed by atoms with Crippen LogP contribution in [0.2, 0.25) is 0 Å². The van der Waals surface area contributed by atoms with Gasteiger partial charge in [-0.3, -0.25) is 9.59 Å². The number of carbonyl (C=O) groups is 2. The van der Waals surface area contributed by atoms with Gasteiger partial charge in [-0.1, -0.05) is 5.57 Å². The van der Waals surface area contributed by atoms with Crippen LogP contribution in [0.15, 0.2) is 11.6 Å². The van der Waals surface area contributed by atoms with Crippen LogP contribution in [0.25, 0.3) is 0 Å². The van der Waals surface area contributed by atoms with Crippen LogP contribution in [-0.4, -0.2) is 36.5 Å². The van der Waals surface area contributed by atoms with Gasteiger partial charge < -0.3 is 9.84 Å². The smallest absolute Gasteiger partial charge is 0.155 e. The van der Waals surface area contributed by atoms with Gasteiger partial charge in [-0.25, -0.2) is 0 Å². The fourth-order valence-corrected chi connectivity index (χ4v) is 0.611. The van der Waals surface area contributed by atoms with Crippen molar-refractivity contribution in [3.05, 3.63) is 11.6 Å². The van der Waals surface area contributed by atoms with Gasteiger partial charge in [-0.15, -0.1) is 0 Å². The number of rotatable bonds is 4. The van der Waals surface area contributed by atoms with Crippen molar-refractivity contribution in [2.45, 2.75) is 41.5 Å². The second-order valence-corrected chi connectivity index (χ2v) is 3.47. The lowest BCUT2D eigenvalue weighted by Gasteiger charge is -1.86. The van der Waals surface area contributed by atoms with Crippen molar-refractivity contribution in [2.75, 3.05) is 19.8 Å². The van der Waals surface area contributed by atoms with E-state index in [2.05, 4.69) is 0 Å². The molecule has 0 aliphatic carbocycles. The van der Waals surface area contributed by atoms with Gasteiger partial charge >= 0.3 is 0 Å². The molecule has 0 spiro atoms. The minimum Gasteiger partial charge on any atom is -0.389 e. The number of ketones is 2. The number of hydrogen-bond donors (Lipinski definition) is 1. The molecule has 0 saturated heterocycles. The molecule has 0 aromatic rings. The Labute approximate surface area is 105 Å². The van der Waals surface area contributed by atoms with Crippen LogP contribution in [0.3, 0.4) is 0 Å². The zero-order chi connectivity index (χ0) is 14.3. The molecule has 4 heteroatoms. The Morgan fingerprint density at radius 1 is 1.06 bits per heavy atom. The van der Waals surface area contributed by atoms with E-state index in [1.54, 1.807) is 13.0 Å². The van der Waals surface area contributed by atoms with Crippen molar-refractivity contribution >= 4 is 11.6 Å². The molecule has 1 N–H and O–H groups in total. The first-order chi connectivity index (χ1) is 7.81. The first-order valence-corrected chi connectivity index (χ1v) is 5.65. The Balaban J connectivity index is -0.000000177. The Bertz CT molecular complexity index is 213. The quantitative estimate of drug-likeness (QED) is 0.772. The molecule has 0 aromatic heterocycles. The largest absolute Gasteiger partial charge is 0.389 e. The van der Waals surface area contributed by atoms with Crippen molar-refractivity contribution in [3.63, 3.8) is 0 Å². The molecule has 0 amide bonds. The summed E-state index contributed by atoms with van der Waals surface area (Å²) in [4.78, 5) is 19.7. The molecule has 0 heterocycles. The molecule has 4 nitrogen and oxygen atoms in total. The van der Waals surface area contributed by atoms with Crippen molar-refractivity contribution in [3.8, 4) is 0 Å². The number of ether oxygens (including phenoxy) is 1. The summed E-state index contributed by atoms with van der Waals surface area (Å²) in [6.45, 7) is 12.0. The number of allylic oxidation sites excluding steroid dienone is 2. The monoisotopic (exact) mass is 246 g/mol. The Kier molecular flexibility index (Phi) is 21.8. The van der Waals surface area contributed by atoms with Crippen LogP contribution in [0.4, 0.5) is 0 Å². The second kappa shape index (κ2) is 17.4. The van der Waals surface area contributed by atoms with Gasteiger partial charge in [0, 0.05) is 13.2 Å². The minimum atomic E-state index is -0.333. The molecule has 0 unspecified atom stereocenters. The summed E-state index contributed by atoms with van der Waals surface area (Å²) >= 11 is 0. The molecule has 0 aliphatic heterocycles. The zero-order valence-corrected chi connectivity index (χ0v) is 11.9. The Hall–Kier alpha value is -1.00. The van der Waals surface area contributed by atoms with E-state index in [-0.39, 0.29) is 18.2 Å². The molecule has 0 rings (SSSR count). The lowest BCUT2D eigenvalue weighted by Crippen LogP contribution is -1.93. The van der Waals surface area contributed by atoms with Gasteiger partial charge in [0.2, 0.25) is 0 Å². The Morgan fingerprint density at radius 3 is 1.41 bits per heavy atom. The van der Waals surface area contributed by atoms with Crippen molar-refractivity contribution in [2.24, 2.45) is 0 Å². The van der Waals surface area contributed by atoms with Gasteiger partial charge in [0.25, 0.3) is 0 Å². The maximum Gasteiger partial charge on any atom is 0.155 e. The third-order valence-corrected chi connectivity index (χ3v) is 1.12. The number of carbonyl (C=O) groups excluding carboxylic acids is 2. The standard InChI is InChI=1S/C6H10O.C4H10O.C3H6O2/c1-5(2)4-6(3)7;1-3-5-4-2;1-3(5)2-4/h4H,1-3H3;3-4H2,1-2H3;4H,2H2,1H3. The Morgan fingerprint density at radius 2 is 1.41 bits per heavy atom. The first-order valence-electron chi connectivity index (χ1n) is 5.65. The van der Waals surface area contributed by atoms with E-state index in [1.165, 1.54) is 6.92 Å². The van der Waals surface area contributed by atoms with E-state index in [1.807, 2.05) is 27.7 Å². The highest BCUT2D eigenvalue weighted by molar-refractivity contribution is 5.87. The second-order valence-electron chi connectivity index (χ2n) is 3.47. The third-order valence-electron chi connectivity index (χ3n) is 1.12. The van der Waals surface area contributed by atoms with Crippen LogP contribution in [0.5, 0.6) is 0 Å². The summed E-state index contributed by atoms with van der Waals surface area (Å²) in [5.41, 5.74) is 1.06. The van der Waals surface area contributed by atoms with Crippen LogP contribution in [-0.2, 0) is 14.3 Å². The average Bonchev–Trinajstić information content (AvgIpc) is 2.18. The van der Waals surface area contributed by atoms with E-state index >= 15 is 0 Å². The van der Waals surface area contributed by atoms with Crippen molar-refractivity contribution in [1.82, 2.24) is 0 Å². The van der Waals surface area contributed by atoms with Crippen LogP contribution in [0, 0.1) is 0 Å². The molecule has 17 heavy (non-hydrogen) atoms. The number of Topliss-reactive ketones (excluding diaryl/α,β-unsaturated/α-hetero) is 1. The van der Waals surface area contributed by atoms with Gasteiger partial charge in [0.05, 0.1) is 0 Å². The topological polar surface area (TPSA) is 63.6 Å². The zero-order valence-electron chi connectivity index (χ0n) is 11.9. The third kappa shape index (κ3) is 51.7. The number of aliphatic hydroxyl groups excluding tert-OH is 1. The molecule has 0 aromatic carbocycles. The number of aliphatic hydroxyl groups is 1. The maximum absolute atomic E-state index is 10.2. The SMILES string of the molecule is CC(=O)C=C(C)C.CC(=O)CO.CCOCC. The van der Waals surface area contributed by atoms with Gasteiger partial charge in [-0.2, -0.15) is 0 Å². The fourth-order valence-electron chi connectivity index (χ4n) is 0.611. The van der Waals surface area contributed by atoms with Gasteiger partial charge in [0.15, 0.2) is 11.6 Å². The lowest BCUT2D eigenvalue weighted by atomic mass is 10.3. The highest BCUT2D eigenvalue weighted by atomic mass is 16.5. The van der Waals surface area contributed by atoms with Crippen LogP contribution < -0.4 is 0 Å². The molecule has 0 atom stereocenters. The van der Waals surface area contributed by atoms with Crippen molar-refractivity contribution < 1.29 is 19.4 Å². The normalized spacial score (nSPS) is 7.94. The van der Waals surface area contributed by atoms with E-state index < -0.39 is 0 Å². The summed E-state index contributed by atoms with van der Waals surface area (Å²) in [7, 11) is 0. The number of hydrogen-bond acceptors (Lipinski definition) is 4. The average molecular weight is 246 g/mol. The molecular formula is C13H26O4. The summed E-state index contributed by atoms with van der Waals surface area (Å²) in [5, 5.41) is 7.79. The summed E-state index contributed by atoms with van der Waals surface area (Å²) < 4.78 is 4.83. The molecule has 0 bridgehead atoms. The van der Waals surface area contributed by atoms with Crippen LogP contribution >= 0.6 is 0 Å². The van der Waals surface area contributed by atoms with Crippen molar-refractivity contribution in [1.29, 1.82) is 0 Å². The highest BCUT2D eigenvalue weighted by Crippen LogP contribution is 1.86. The molecular weight excluding hydrogens is 220 g/mol. The fraction of sp³-hybridized carbons (Fsp3) is 0.692.